The number of ether oxygens (including phenoxy) is 2. The zero-order valence-electron chi connectivity index (χ0n) is 18.4. The van der Waals surface area contributed by atoms with Crippen molar-refractivity contribution in [2.45, 2.75) is 92.1 Å². The summed E-state index contributed by atoms with van der Waals surface area (Å²) in [4.78, 5) is 24.6. The van der Waals surface area contributed by atoms with Crippen LogP contribution >= 0.6 is 0 Å². The maximum atomic E-state index is 12.3. The summed E-state index contributed by atoms with van der Waals surface area (Å²) in [6.07, 6.45) is 9.38. The van der Waals surface area contributed by atoms with Gasteiger partial charge in [0.15, 0.2) is 0 Å². The molecule has 0 aromatic heterocycles. The molecule has 158 valence electrons. The molecule has 0 radical (unpaired) electrons. The molecule has 1 rings (SSSR count). The second kappa shape index (κ2) is 12.6. The van der Waals surface area contributed by atoms with E-state index >= 15 is 0 Å². The Morgan fingerprint density at radius 2 is 1.43 bits per heavy atom. The third-order valence-electron chi connectivity index (χ3n) is 5.07. The molecule has 1 atom stereocenters. The van der Waals surface area contributed by atoms with Crippen molar-refractivity contribution in [3.63, 3.8) is 0 Å². The highest BCUT2D eigenvalue weighted by Crippen LogP contribution is 2.23. The molecule has 1 aromatic rings. The van der Waals surface area contributed by atoms with E-state index in [9.17, 15) is 9.59 Å². The molecule has 0 bridgehead atoms. The van der Waals surface area contributed by atoms with Crippen LogP contribution in [0.1, 0.15) is 107 Å². The minimum Gasteiger partial charge on any atom is -0.462 e. The molecular weight excluding hydrogens is 352 g/mol. The number of carbonyl (C=O) groups excluding carboxylic acids is 2. The Balaban J connectivity index is 2.38. The molecule has 0 N–H and O–H groups in total. The predicted molar refractivity (Wildman–Crippen MR) is 114 cm³/mol. The summed E-state index contributed by atoms with van der Waals surface area (Å²) in [5.74, 6) is -0.804. The van der Waals surface area contributed by atoms with Gasteiger partial charge in [-0.05, 0) is 37.0 Å². The van der Waals surface area contributed by atoms with E-state index in [1.165, 1.54) is 38.5 Å². The number of hydrogen-bond donors (Lipinski definition) is 0. The number of rotatable bonds is 12. The first-order valence-electron chi connectivity index (χ1n) is 10.7. The van der Waals surface area contributed by atoms with Gasteiger partial charge >= 0.3 is 11.9 Å². The molecule has 0 aliphatic carbocycles. The molecule has 1 aromatic carbocycles. The molecule has 0 fully saturated rings. The van der Waals surface area contributed by atoms with E-state index < -0.39 is 5.97 Å². The van der Waals surface area contributed by atoms with Crippen LogP contribution in [-0.2, 0) is 9.47 Å². The van der Waals surface area contributed by atoms with Gasteiger partial charge < -0.3 is 9.47 Å². The fraction of sp³-hybridized carbons (Fsp3) is 0.667. The number of unbranched alkanes of at least 4 members (excludes halogenated alkanes) is 7. The van der Waals surface area contributed by atoms with E-state index in [1.807, 2.05) is 27.7 Å². The van der Waals surface area contributed by atoms with Gasteiger partial charge in [0.2, 0.25) is 0 Å². The molecule has 28 heavy (non-hydrogen) atoms. The van der Waals surface area contributed by atoms with Gasteiger partial charge in [-0.25, -0.2) is 9.59 Å². The molecule has 0 spiro atoms. The van der Waals surface area contributed by atoms with Crippen molar-refractivity contribution in [1.29, 1.82) is 0 Å². The van der Waals surface area contributed by atoms with Gasteiger partial charge in [-0.2, -0.15) is 0 Å². The van der Waals surface area contributed by atoms with Gasteiger partial charge in [0.25, 0.3) is 0 Å². The molecule has 0 amide bonds. The minimum absolute atomic E-state index is 0.137. The fourth-order valence-electron chi connectivity index (χ4n) is 2.66. The highest BCUT2D eigenvalue weighted by Gasteiger charge is 2.24. The average Bonchev–Trinajstić information content (AvgIpc) is 2.65. The summed E-state index contributed by atoms with van der Waals surface area (Å²) >= 11 is 0. The fourth-order valence-corrected chi connectivity index (χ4v) is 2.66. The summed E-state index contributed by atoms with van der Waals surface area (Å²) in [6.45, 7) is 10.6. The lowest BCUT2D eigenvalue weighted by molar-refractivity contribution is 0.00479. The lowest BCUT2D eigenvalue weighted by atomic mass is 9.90. The Morgan fingerprint density at radius 3 is 2.00 bits per heavy atom. The zero-order valence-corrected chi connectivity index (χ0v) is 18.4. The Kier molecular flexibility index (Phi) is 10.9. The highest BCUT2D eigenvalue weighted by atomic mass is 16.5. The van der Waals surface area contributed by atoms with Crippen LogP contribution in [0.15, 0.2) is 24.3 Å². The summed E-state index contributed by atoms with van der Waals surface area (Å²) in [6, 6.07) is 6.56. The standard InChI is InChI=1S/C24H38O4/c1-6-7-8-9-10-11-12-13-17-27-22(25)20-15-14-16-21(18-20)23(26)28-19(2)24(3,4)5/h14-16,18-19H,6-13,17H2,1-5H3. The SMILES string of the molecule is CCCCCCCCCCOC(=O)c1cccc(C(=O)OC(C)C(C)(C)C)c1. The summed E-state index contributed by atoms with van der Waals surface area (Å²) in [5.41, 5.74) is 0.623. The zero-order chi connectivity index (χ0) is 21.0. The molecular formula is C24H38O4. The van der Waals surface area contributed by atoms with Crippen LogP contribution in [0.25, 0.3) is 0 Å². The van der Waals surface area contributed by atoms with Crippen molar-refractivity contribution in [3.8, 4) is 0 Å². The minimum atomic E-state index is -0.417. The normalized spacial score (nSPS) is 12.5. The first-order chi connectivity index (χ1) is 13.3. The predicted octanol–water partition coefficient (Wildman–Crippen LogP) is 6.58. The Morgan fingerprint density at radius 1 is 0.893 bits per heavy atom. The molecule has 0 aliphatic rings. The molecule has 0 saturated carbocycles. The average molecular weight is 391 g/mol. The van der Waals surface area contributed by atoms with Gasteiger partial charge in [-0.3, -0.25) is 0 Å². The van der Waals surface area contributed by atoms with Crippen LogP contribution in [0.3, 0.4) is 0 Å². The highest BCUT2D eigenvalue weighted by molar-refractivity contribution is 5.95. The molecule has 0 aliphatic heterocycles. The lowest BCUT2D eigenvalue weighted by Crippen LogP contribution is -2.28. The van der Waals surface area contributed by atoms with E-state index in [4.69, 9.17) is 9.47 Å². The monoisotopic (exact) mass is 390 g/mol. The number of esters is 2. The van der Waals surface area contributed by atoms with Crippen molar-refractivity contribution in [2.75, 3.05) is 6.61 Å². The van der Waals surface area contributed by atoms with Crippen LogP contribution in [0.2, 0.25) is 0 Å². The maximum absolute atomic E-state index is 12.3. The third-order valence-corrected chi connectivity index (χ3v) is 5.07. The molecule has 0 heterocycles. The maximum Gasteiger partial charge on any atom is 0.338 e. The van der Waals surface area contributed by atoms with Crippen LogP contribution in [-0.4, -0.2) is 24.6 Å². The van der Waals surface area contributed by atoms with E-state index in [2.05, 4.69) is 6.92 Å². The second-order valence-electron chi connectivity index (χ2n) is 8.61. The van der Waals surface area contributed by atoms with Crippen LogP contribution < -0.4 is 0 Å². The Bertz CT molecular complexity index is 601. The van der Waals surface area contributed by atoms with Gasteiger partial charge in [0, 0.05) is 0 Å². The van der Waals surface area contributed by atoms with E-state index in [0.29, 0.717) is 17.7 Å². The first kappa shape index (κ1) is 24.2. The van der Waals surface area contributed by atoms with Crippen LogP contribution in [0.4, 0.5) is 0 Å². The molecule has 4 heteroatoms. The smallest absolute Gasteiger partial charge is 0.338 e. The Labute approximate surface area is 171 Å². The summed E-state index contributed by atoms with van der Waals surface area (Å²) in [7, 11) is 0. The van der Waals surface area contributed by atoms with Crippen LogP contribution in [0.5, 0.6) is 0 Å². The van der Waals surface area contributed by atoms with Gasteiger partial charge in [0.1, 0.15) is 6.10 Å². The number of hydrogen-bond acceptors (Lipinski definition) is 4. The van der Waals surface area contributed by atoms with Crippen molar-refractivity contribution in [1.82, 2.24) is 0 Å². The van der Waals surface area contributed by atoms with Crippen molar-refractivity contribution in [2.24, 2.45) is 5.41 Å². The quantitative estimate of drug-likeness (QED) is 0.299. The number of benzene rings is 1. The van der Waals surface area contributed by atoms with Crippen molar-refractivity contribution < 1.29 is 19.1 Å². The van der Waals surface area contributed by atoms with Gasteiger partial charge in [0.05, 0.1) is 17.7 Å². The van der Waals surface area contributed by atoms with Gasteiger partial charge in [-0.1, -0.05) is 78.7 Å². The van der Waals surface area contributed by atoms with Crippen molar-refractivity contribution in [3.05, 3.63) is 35.4 Å². The van der Waals surface area contributed by atoms with Crippen LogP contribution in [0, 0.1) is 5.41 Å². The largest absolute Gasteiger partial charge is 0.462 e. The summed E-state index contributed by atoms with van der Waals surface area (Å²) < 4.78 is 10.9. The van der Waals surface area contributed by atoms with Gasteiger partial charge in [-0.15, -0.1) is 0 Å². The van der Waals surface area contributed by atoms with E-state index in [0.717, 1.165) is 12.8 Å². The Hall–Kier alpha value is -1.84. The number of carbonyl (C=O) groups is 2. The molecule has 1 unspecified atom stereocenters. The van der Waals surface area contributed by atoms with E-state index in [1.54, 1.807) is 24.3 Å². The van der Waals surface area contributed by atoms with E-state index in [-0.39, 0.29) is 17.5 Å². The lowest BCUT2D eigenvalue weighted by Gasteiger charge is -2.26. The molecule has 4 nitrogen and oxygen atoms in total. The second-order valence-corrected chi connectivity index (χ2v) is 8.61. The summed E-state index contributed by atoms with van der Waals surface area (Å²) in [5, 5.41) is 0. The third kappa shape index (κ3) is 9.38. The topological polar surface area (TPSA) is 52.6 Å². The van der Waals surface area contributed by atoms with Crippen molar-refractivity contribution >= 4 is 11.9 Å². The molecule has 0 saturated heterocycles. The first-order valence-corrected chi connectivity index (χ1v) is 10.7.